The quantitative estimate of drug-likeness (QED) is 0.451. The summed E-state index contributed by atoms with van der Waals surface area (Å²) in [6.07, 6.45) is 5.76. The van der Waals surface area contributed by atoms with E-state index in [4.69, 9.17) is 5.14 Å². The van der Waals surface area contributed by atoms with Gasteiger partial charge in [-0.2, -0.15) is 0 Å². The summed E-state index contributed by atoms with van der Waals surface area (Å²) in [4.78, 5) is 16.8. The van der Waals surface area contributed by atoms with Crippen LogP contribution in [-0.2, 0) is 47.8 Å². The maximum Gasteiger partial charge on any atom is 0.354 e. The number of aliphatic hydroxyl groups excluding tert-OH is 2. The molecule has 0 bridgehead atoms. The fourth-order valence-electron chi connectivity index (χ4n) is 4.23. The van der Waals surface area contributed by atoms with Crippen LogP contribution in [0, 0.1) is 0 Å². The molecule has 9 nitrogen and oxygen atoms in total. The molecule has 1 aromatic carbocycles. The standard InChI is InChI=1S/C20H26N4O5S2/c1-20(28,10-26)18-22-15(9-25)17(30-18)31(21,29)24-19(27)23-16-13-6-2-4-11(13)8-12-5-3-7-14(12)16/h8,25-26,28H,2-7,9-10H2,1H3,(H3,21,23,24,27,29)/t20-,31?/m0/s1. The van der Waals surface area contributed by atoms with Crippen molar-refractivity contribution in [2.75, 3.05) is 11.9 Å². The summed E-state index contributed by atoms with van der Waals surface area (Å²) < 4.78 is 16.8. The highest BCUT2D eigenvalue weighted by atomic mass is 32.2. The van der Waals surface area contributed by atoms with Gasteiger partial charge in [0, 0.05) is 5.69 Å². The molecule has 0 spiro atoms. The molecule has 4 rings (SSSR count). The second-order valence-electron chi connectivity index (χ2n) is 8.17. The van der Waals surface area contributed by atoms with E-state index in [2.05, 4.69) is 20.7 Å². The zero-order valence-electron chi connectivity index (χ0n) is 17.2. The van der Waals surface area contributed by atoms with Crippen LogP contribution in [0.25, 0.3) is 0 Å². The Hall–Kier alpha value is -1.89. The van der Waals surface area contributed by atoms with Gasteiger partial charge >= 0.3 is 6.03 Å². The number of hydrogen-bond acceptors (Lipinski definition) is 7. The molecule has 6 N–H and O–H groups in total. The molecule has 1 aromatic heterocycles. The number of aryl methyl sites for hydroxylation is 2. The van der Waals surface area contributed by atoms with Gasteiger partial charge in [0.2, 0.25) is 0 Å². The second-order valence-corrected chi connectivity index (χ2v) is 11.2. The van der Waals surface area contributed by atoms with Crippen molar-refractivity contribution in [3.8, 4) is 0 Å². The first-order chi connectivity index (χ1) is 14.7. The largest absolute Gasteiger partial charge is 0.393 e. The molecule has 1 heterocycles. The van der Waals surface area contributed by atoms with Crippen molar-refractivity contribution in [2.45, 2.75) is 61.9 Å². The van der Waals surface area contributed by atoms with Gasteiger partial charge in [-0.15, -0.1) is 15.7 Å². The lowest BCUT2D eigenvalue weighted by Crippen LogP contribution is -2.25. The highest BCUT2D eigenvalue weighted by Gasteiger charge is 2.31. The van der Waals surface area contributed by atoms with Crippen LogP contribution in [-0.4, -0.2) is 37.2 Å². The number of benzene rings is 1. The van der Waals surface area contributed by atoms with Crippen molar-refractivity contribution in [3.63, 3.8) is 0 Å². The minimum atomic E-state index is -3.73. The van der Waals surface area contributed by atoms with E-state index in [9.17, 15) is 24.3 Å². The summed E-state index contributed by atoms with van der Waals surface area (Å²) in [5, 5.41) is 37.9. The molecule has 2 aliphatic rings. The van der Waals surface area contributed by atoms with E-state index in [1.807, 2.05) is 0 Å². The van der Waals surface area contributed by atoms with Crippen LogP contribution in [0.15, 0.2) is 14.6 Å². The third kappa shape index (κ3) is 4.13. The van der Waals surface area contributed by atoms with Crippen molar-refractivity contribution in [1.82, 2.24) is 4.98 Å². The predicted octanol–water partition coefficient (Wildman–Crippen LogP) is 1.75. The summed E-state index contributed by atoms with van der Waals surface area (Å²) in [5.74, 6) is 0. The molecule has 0 fully saturated rings. The second kappa shape index (κ2) is 8.23. The van der Waals surface area contributed by atoms with Crippen LogP contribution in [0.1, 0.15) is 52.7 Å². The molecule has 1 unspecified atom stereocenters. The molecule has 2 aliphatic carbocycles. The third-order valence-corrected chi connectivity index (χ3v) is 9.08. The lowest BCUT2D eigenvalue weighted by Gasteiger charge is -2.16. The number of fused-ring (bicyclic) bond motifs is 2. The summed E-state index contributed by atoms with van der Waals surface area (Å²) in [5.41, 5.74) is 3.73. The van der Waals surface area contributed by atoms with Gasteiger partial charge < -0.3 is 20.6 Å². The summed E-state index contributed by atoms with van der Waals surface area (Å²) >= 11 is 0.756. The molecule has 11 heteroatoms. The number of carbonyl (C=O) groups excluding carboxylic acids is 1. The Morgan fingerprint density at radius 3 is 2.42 bits per heavy atom. The molecule has 31 heavy (non-hydrogen) atoms. The van der Waals surface area contributed by atoms with Gasteiger partial charge in [0.15, 0.2) is 9.92 Å². The number of nitrogens with zero attached hydrogens (tertiary/aromatic N) is 2. The zero-order valence-corrected chi connectivity index (χ0v) is 18.8. The normalized spacial score (nSPS) is 18.7. The van der Waals surface area contributed by atoms with Crippen LogP contribution in [0.2, 0.25) is 0 Å². The van der Waals surface area contributed by atoms with E-state index >= 15 is 0 Å². The third-order valence-electron chi connectivity index (χ3n) is 5.77. The van der Waals surface area contributed by atoms with Crippen molar-refractivity contribution in [1.29, 1.82) is 0 Å². The number of aliphatic hydroxyl groups is 3. The SMILES string of the molecule is C[C@](O)(CO)c1nc(CO)c(S(N)(=O)=NC(=O)Nc2c3c(cc4c2CCC4)CCC3)s1. The van der Waals surface area contributed by atoms with Crippen LogP contribution >= 0.6 is 11.3 Å². The maximum atomic E-state index is 13.1. The maximum absolute atomic E-state index is 13.1. The number of carbonyl (C=O) groups is 1. The number of rotatable bonds is 5. The van der Waals surface area contributed by atoms with Gasteiger partial charge in [0.05, 0.1) is 18.9 Å². The summed E-state index contributed by atoms with van der Waals surface area (Å²) in [6, 6.07) is 1.41. The molecule has 0 radical (unpaired) electrons. The van der Waals surface area contributed by atoms with Gasteiger partial charge in [0.25, 0.3) is 0 Å². The number of hydrogen-bond donors (Lipinski definition) is 5. The number of aromatic nitrogens is 1. The lowest BCUT2D eigenvalue weighted by atomic mass is 9.99. The average molecular weight is 467 g/mol. The number of thiazole rings is 1. The number of urea groups is 1. The van der Waals surface area contributed by atoms with Crippen molar-refractivity contribution in [2.24, 2.45) is 9.50 Å². The van der Waals surface area contributed by atoms with E-state index in [0.29, 0.717) is 0 Å². The fraction of sp³-hybridized carbons (Fsp3) is 0.500. The Labute approximate surface area is 184 Å². The Morgan fingerprint density at radius 2 is 1.87 bits per heavy atom. The van der Waals surface area contributed by atoms with Crippen LogP contribution in [0.3, 0.4) is 0 Å². The van der Waals surface area contributed by atoms with Gasteiger partial charge in [-0.05, 0) is 67.7 Å². The van der Waals surface area contributed by atoms with E-state index in [-0.39, 0.29) is 14.9 Å². The molecular weight excluding hydrogens is 440 g/mol. The van der Waals surface area contributed by atoms with Crippen molar-refractivity contribution in [3.05, 3.63) is 39.0 Å². The minimum absolute atomic E-state index is 0.0292. The molecular formula is C20H26N4O5S2. The van der Waals surface area contributed by atoms with E-state index in [0.717, 1.165) is 66.7 Å². The summed E-state index contributed by atoms with van der Waals surface area (Å²) in [7, 11) is -3.73. The van der Waals surface area contributed by atoms with Crippen LogP contribution in [0.4, 0.5) is 10.5 Å². The predicted molar refractivity (Wildman–Crippen MR) is 117 cm³/mol. The lowest BCUT2D eigenvalue weighted by molar-refractivity contribution is -0.00264. The Bertz CT molecular complexity index is 1130. The smallest absolute Gasteiger partial charge is 0.354 e. The molecule has 2 aromatic rings. The van der Waals surface area contributed by atoms with E-state index in [1.54, 1.807) is 0 Å². The number of nitrogens with two attached hydrogens (primary N) is 1. The Kier molecular flexibility index (Phi) is 5.92. The molecule has 168 valence electrons. The monoisotopic (exact) mass is 466 g/mol. The van der Waals surface area contributed by atoms with E-state index in [1.165, 1.54) is 18.1 Å². The van der Waals surface area contributed by atoms with E-state index < -0.39 is 34.8 Å². The van der Waals surface area contributed by atoms with Gasteiger partial charge in [-0.25, -0.2) is 19.1 Å². The molecule has 0 saturated carbocycles. The van der Waals surface area contributed by atoms with Gasteiger partial charge in [-0.1, -0.05) is 6.07 Å². The highest BCUT2D eigenvalue weighted by molar-refractivity contribution is 7.93. The number of nitrogens with one attached hydrogen (secondary N) is 1. The minimum Gasteiger partial charge on any atom is -0.393 e. The number of anilines is 1. The molecule has 0 aliphatic heterocycles. The number of amides is 2. The summed E-state index contributed by atoms with van der Waals surface area (Å²) in [6.45, 7) is 0.103. The molecule has 0 saturated heterocycles. The zero-order chi connectivity index (χ0) is 22.4. The topological polar surface area (TPSA) is 158 Å². The van der Waals surface area contributed by atoms with Crippen molar-refractivity contribution < 1.29 is 24.3 Å². The van der Waals surface area contributed by atoms with Crippen LogP contribution in [0.5, 0.6) is 0 Å². The van der Waals surface area contributed by atoms with Crippen molar-refractivity contribution >= 4 is 33.0 Å². The van der Waals surface area contributed by atoms with Gasteiger partial charge in [-0.3, -0.25) is 0 Å². The molecule has 2 amide bonds. The Balaban J connectivity index is 1.69. The van der Waals surface area contributed by atoms with Crippen LogP contribution < -0.4 is 10.5 Å². The Morgan fingerprint density at radius 1 is 1.26 bits per heavy atom. The molecule has 2 atom stereocenters. The average Bonchev–Trinajstić information content (AvgIpc) is 3.45. The first kappa shape index (κ1) is 22.3. The first-order valence-electron chi connectivity index (χ1n) is 10.1. The fourth-order valence-corrected chi connectivity index (χ4v) is 6.72. The highest BCUT2D eigenvalue weighted by Crippen LogP contribution is 2.39. The van der Waals surface area contributed by atoms with Gasteiger partial charge in [0.1, 0.15) is 14.8 Å². The first-order valence-corrected chi connectivity index (χ1v) is 12.5.